The lowest BCUT2D eigenvalue weighted by molar-refractivity contribution is -0.134. The zero-order valence-electron chi connectivity index (χ0n) is 12.2. The Kier molecular flexibility index (Phi) is 0.375. The Morgan fingerprint density at radius 3 is 3.56 bits per heavy atom. The zero-order chi connectivity index (χ0) is 13.8. The van der Waals surface area contributed by atoms with Crippen LogP contribution in [0.4, 0.5) is 0 Å². The van der Waals surface area contributed by atoms with Gasteiger partial charge in [0.05, 0.1) is 7.39 Å². The van der Waals surface area contributed by atoms with Crippen molar-refractivity contribution in [3.63, 3.8) is 0 Å². The molecule has 0 aromatic heterocycles. The van der Waals surface area contributed by atoms with Gasteiger partial charge in [0.15, 0.2) is 1.41 Å². The highest BCUT2D eigenvalue weighted by Gasteiger charge is 2.22. The van der Waals surface area contributed by atoms with Gasteiger partial charge in [0.2, 0.25) is 11.8 Å². The second-order valence-corrected chi connectivity index (χ2v) is 1.32. The van der Waals surface area contributed by atoms with E-state index in [4.69, 9.17) is 11.1 Å². The van der Waals surface area contributed by atoms with Gasteiger partial charge in [0.25, 0.3) is 0 Å². The van der Waals surface area contributed by atoms with Crippen LogP contribution in [-0.2, 0) is 9.59 Å². The number of amides is 2. The second-order valence-electron chi connectivity index (χ2n) is 1.32. The highest BCUT2D eigenvalue weighted by molar-refractivity contribution is 6.00. The minimum absolute atomic E-state index is 0.523. The first-order valence-corrected chi connectivity index (χ1v) is 2.08. The summed E-state index contributed by atoms with van der Waals surface area (Å²) in [4.78, 5) is 22.7. The quantitative estimate of drug-likeness (QED) is 0.442. The van der Waals surface area contributed by atoms with E-state index in [1.54, 1.807) is 0 Å². The molecule has 2 amide bonds. The summed E-state index contributed by atoms with van der Waals surface area (Å²) in [5, 5.41) is -0.523. The largest absolute Gasteiger partial charge is 0.320 e. The molecule has 1 heterocycles. The molecule has 0 saturated carbocycles. The van der Waals surface area contributed by atoms with Crippen molar-refractivity contribution in [2.24, 2.45) is 5.72 Å². The summed E-state index contributed by atoms with van der Waals surface area (Å²) in [6.45, 7) is 0. The number of rotatable bonds is 1. The van der Waals surface area contributed by atoms with E-state index >= 15 is 0 Å². The normalized spacial score (nSPS) is 61.7. The fourth-order valence-electron chi connectivity index (χ4n) is 0.339. The lowest BCUT2D eigenvalue weighted by atomic mass is 10.1. The monoisotopic (exact) mass is 136 g/mol. The van der Waals surface area contributed by atoms with Crippen LogP contribution in [0.1, 0.15) is 19.6 Å². The third kappa shape index (κ3) is 1.26. The Balaban J connectivity index is 3.51. The van der Waals surface area contributed by atoms with E-state index in [0.29, 0.717) is 0 Å². The molecular weight excluding hydrogens is 120 g/mol. The average Bonchev–Trinajstić information content (AvgIpc) is 2.22. The summed E-state index contributed by atoms with van der Waals surface area (Å²) >= 11 is 0. The SMILES string of the molecule is [2H]N1C(=O)C([2H])([2H])C([2H])([2H])C([2H])(N([2H])[2H])C1=O. The third-order valence-corrected chi connectivity index (χ3v) is 0.694. The van der Waals surface area contributed by atoms with E-state index in [1.807, 2.05) is 0 Å². The average molecular weight is 136 g/mol. The van der Waals surface area contributed by atoms with Crippen molar-refractivity contribution < 1.29 is 20.7 Å². The van der Waals surface area contributed by atoms with Gasteiger partial charge in [-0.3, -0.25) is 14.9 Å². The molecule has 9 heavy (non-hydrogen) atoms. The van der Waals surface area contributed by atoms with Gasteiger partial charge in [-0.2, -0.15) is 0 Å². The number of piperidine rings is 1. The Bertz CT molecular complexity index is 384. The number of hydrogen-bond acceptors (Lipinski definition) is 3. The molecule has 50 valence electrons. The van der Waals surface area contributed by atoms with Crippen LogP contribution in [-0.4, -0.2) is 17.8 Å². The molecule has 1 fully saturated rings. The highest BCUT2D eigenvalue weighted by Crippen LogP contribution is 2.00. The van der Waals surface area contributed by atoms with E-state index in [9.17, 15) is 9.59 Å². The Morgan fingerprint density at radius 2 is 2.89 bits per heavy atom. The maximum atomic E-state index is 11.4. The number of nitrogens with two attached hydrogens (primary N) is 1. The van der Waals surface area contributed by atoms with Crippen LogP contribution in [0.15, 0.2) is 0 Å². The maximum absolute atomic E-state index is 11.4. The summed E-state index contributed by atoms with van der Waals surface area (Å²) in [6.07, 6.45) is -6.79. The van der Waals surface area contributed by atoms with Crippen molar-refractivity contribution in [2.45, 2.75) is 18.8 Å². The summed E-state index contributed by atoms with van der Waals surface area (Å²) in [7, 11) is 0. The van der Waals surface area contributed by atoms with Crippen LogP contribution in [0.2, 0.25) is 4.24 Å². The minimum Gasteiger partial charge on any atom is -0.320 e. The molecule has 0 aromatic carbocycles. The molecule has 0 aliphatic carbocycles. The molecule has 4 nitrogen and oxygen atoms in total. The molecule has 3 N–H and O–H groups in total. The van der Waals surface area contributed by atoms with Crippen LogP contribution >= 0.6 is 0 Å². The van der Waals surface area contributed by atoms with Gasteiger partial charge in [-0.1, -0.05) is 0 Å². The topological polar surface area (TPSA) is 72.2 Å². The smallest absolute Gasteiger partial charge is 0.243 e. The van der Waals surface area contributed by atoms with Gasteiger partial charge in [-0.05, 0) is 6.37 Å². The number of nitrogens with one attached hydrogen (secondary N) is 1. The molecule has 0 aromatic rings. The van der Waals surface area contributed by atoms with Gasteiger partial charge < -0.3 is 5.72 Å². The van der Waals surface area contributed by atoms with Crippen LogP contribution < -0.4 is 11.0 Å². The molecule has 0 bridgehead atoms. The van der Waals surface area contributed by atoms with Crippen molar-refractivity contribution in [1.82, 2.24) is 5.31 Å². The van der Waals surface area contributed by atoms with Crippen LogP contribution in [0, 0.1) is 0 Å². The van der Waals surface area contributed by atoms with Crippen LogP contribution in [0.3, 0.4) is 0 Å². The summed E-state index contributed by atoms with van der Waals surface area (Å²) in [6, 6.07) is -3.33. The summed E-state index contributed by atoms with van der Waals surface area (Å²) in [5.41, 5.74) is -0.652. The van der Waals surface area contributed by atoms with E-state index in [-0.39, 0.29) is 0 Å². The van der Waals surface area contributed by atoms with Crippen molar-refractivity contribution in [2.75, 3.05) is 0 Å². The van der Waals surface area contributed by atoms with Crippen molar-refractivity contribution >= 4 is 11.8 Å². The van der Waals surface area contributed by atoms with E-state index in [0.717, 1.165) is 0 Å². The first-order valence-electron chi connectivity index (χ1n) is 5.92. The fourth-order valence-corrected chi connectivity index (χ4v) is 0.339. The number of carbonyl (C=O) groups is 2. The third-order valence-electron chi connectivity index (χ3n) is 0.694. The molecule has 1 unspecified atom stereocenters. The molecule has 1 saturated heterocycles. The molecule has 1 rings (SSSR count). The fraction of sp³-hybridized carbons (Fsp3) is 0.600. The Morgan fingerprint density at radius 1 is 2.11 bits per heavy atom. The lowest BCUT2D eigenvalue weighted by Crippen LogP contribution is -2.48. The van der Waals surface area contributed by atoms with E-state index in [1.165, 1.54) is 0 Å². The molecule has 4 heteroatoms. The first kappa shape index (κ1) is 1.58. The van der Waals surface area contributed by atoms with Gasteiger partial charge >= 0.3 is 0 Å². The molecule has 1 atom stereocenters. The van der Waals surface area contributed by atoms with E-state index in [2.05, 4.69) is 0 Å². The molecule has 1 aliphatic heterocycles. The highest BCUT2D eigenvalue weighted by atomic mass is 16.2. The Labute approximate surface area is 63.8 Å². The van der Waals surface area contributed by atoms with Crippen molar-refractivity contribution in [3.8, 4) is 0 Å². The lowest BCUT2D eigenvalue weighted by Gasteiger charge is -2.15. The molecular formula is C5H8N2O2. The number of carbonyl (C=O) groups excluding carboxylic acids is 2. The van der Waals surface area contributed by atoms with Gasteiger partial charge in [0, 0.05) is 11.9 Å². The molecule has 0 spiro atoms. The van der Waals surface area contributed by atoms with Gasteiger partial charge in [0.1, 0.15) is 2.82 Å². The summed E-state index contributed by atoms with van der Waals surface area (Å²) in [5.74, 6) is -3.55. The van der Waals surface area contributed by atoms with Crippen molar-refractivity contribution in [1.29, 1.82) is 0 Å². The number of hydrogen-bond donors (Lipinski definition) is 2. The zero-order valence-corrected chi connectivity index (χ0v) is 4.21. The van der Waals surface area contributed by atoms with Gasteiger partial charge in [-0.25, -0.2) is 0 Å². The predicted octanol–water partition coefficient (Wildman–Crippen LogP) is -1.25. The number of imide groups is 1. The van der Waals surface area contributed by atoms with E-state index < -0.39 is 41.6 Å². The minimum atomic E-state index is -3.44. The van der Waals surface area contributed by atoms with Crippen molar-refractivity contribution in [3.05, 3.63) is 0 Å². The van der Waals surface area contributed by atoms with Crippen LogP contribution in [0.5, 0.6) is 0 Å². The molecule has 0 radical (unpaired) electrons. The molecule has 1 aliphatic rings. The first-order chi connectivity index (χ1) is 7.42. The van der Waals surface area contributed by atoms with Gasteiger partial charge in [-0.15, -0.1) is 0 Å². The maximum Gasteiger partial charge on any atom is 0.243 e. The van der Waals surface area contributed by atoms with Crippen LogP contribution in [0.25, 0.3) is 0 Å². The predicted molar refractivity (Wildman–Crippen MR) is 30.4 cm³/mol. The standard InChI is InChI=1S/C5H8N2O2/c6-3-1-2-4(8)7-5(3)9/h3H,1-2,6H2,(H,7,8,9)/i1D2,2D2,3D/hD3. The Hall–Kier alpha value is -0.900. The second kappa shape index (κ2) is 2.14. The summed E-state index contributed by atoms with van der Waals surface area (Å²) < 4.78 is 57.2.